The summed E-state index contributed by atoms with van der Waals surface area (Å²) in [5.74, 6) is -0.909. The summed E-state index contributed by atoms with van der Waals surface area (Å²) in [6, 6.07) is 19.6. The molecule has 4 nitrogen and oxygen atoms in total. The molecule has 0 unspecified atom stereocenters. The summed E-state index contributed by atoms with van der Waals surface area (Å²) in [6.45, 7) is 2.53. The van der Waals surface area contributed by atoms with Crippen LogP contribution in [0.15, 0.2) is 72.8 Å². The first-order chi connectivity index (χ1) is 16.4. The smallest absolute Gasteiger partial charge is 0.243 e. The van der Waals surface area contributed by atoms with E-state index in [1.54, 1.807) is 30.3 Å². The number of carbonyl (C=O) groups is 2. The molecule has 1 N–H and O–H groups in total. The Hall–Kier alpha value is -2.89. The van der Waals surface area contributed by atoms with Gasteiger partial charge in [-0.1, -0.05) is 78.7 Å². The Kier molecular flexibility index (Phi) is 9.49. The molecule has 2 amide bonds. The summed E-state index contributed by atoms with van der Waals surface area (Å²) in [5, 5.41) is 3.76. The Balaban J connectivity index is 1.99. The zero-order chi connectivity index (χ0) is 24.5. The molecular formula is C27H27Cl2FN2O2. The van der Waals surface area contributed by atoms with Crippen molar-refractivity contribution in [2.45, 2.75) is 38.8 Å². The van der Waals surface area contributed by atoms with Gasteiger partial charge >= 0.3 is 0 Å². The molecule has 0 aliphatic carbocycles. The summed E-state index contributed by atoms with van der Waals surface area (Å²) < 4.78 is 13.4. The fourth-order valence-electron chi connectivity index (χ4n) is 3.65. The molecule has 0 spiro atoms. The van der Waals surface area contributed by atoms with E-state index in [0.717, 1.165) is 12.0 Å². The molecule has 7 heteroatoms. The Morgan fingerprint density at radius 1 is 0.912 bits per heavy atom. The maximum absolute atomic E-state index is 13.6. The van der Waals surface area contributed by atoms with Gasteiger partial charge in [-0.25, -0.2) is 4.39 Å². The lowest BCUT2D eigenvalue weighted by Gasteiger charge is -2.32. The molecule has 0 bridgehead atoms. The van der Waals surface area contributed by atoms with Crippen LogP contribution in [0.3, 0.4) is 0 Å². The van der Waals surface area contributed by atoms with Crippen LogP contribution in [0.1, 0.15) is 30.0 Å². The van der Waals surface area contributed by atoms with Crippen LogP contribution in [0.4, 0.5) is 4.39 Å². The van der Waals surface area contributed by atoms with Crippen molar-refractivity contribution in [3.63, 3.8) is 0 Å². The fraction of sp³-hybridized carbons (Fsp3) is 0.259. The molecule has 0 aliphatic heterocycles. The molecule has 1 atom stereocenters. The molecule has 3 rings (SSSR count). The molecule has 178 valence electrons. The van der Waals surface area contributed by atoms with E-state index in [1.165, 1.54) is 17.0 Å². The third kappa shape index (κ3) is 7.05. The van der Waals surface area contributed by atoms with Gasteiger partial charge in [0.2, 0.25) is 11.8 Å². The molecular weight excluding hydrogens is 474 g/mol. The Morgan fingerprint density at radius 3 is 2.18 bits per heavy atom. The molecule has 0 saturated heterocycles. The van der Waals surface area contributed by atoms with Crippen LogP contribution < -0.4 is 5.32 Å². The van der Waals surface area contributed by atoms with E-state index in [9.17, 15) is 14.0 Å². The van der Waals surface area contributed by atoms with E-state index < -0.39 is 6.04 Å². The Bertz CT molecular complexity index is 1090. The zero-order valence-electron chi connectivity index (χ0n) is 18.9. The summed E-state index contributed by atoms with van der Waals surface area (Å²) >= 11 is 12.8. The Morgan fingerprint density at radius 2 is 1.56 bits per heavy atom. The molecule has 0 aromatic heterocycles. The van der Waals surface area contributed by atoms with Gasteiger partial charge in [0, 0.05) is 35.1 Å². The molecule has 0 fully saturated rings. The third-order valence-corrected chi connectivity index (χ3v) is 6.19. The molecule has 3 aromatic rings. The SMILES string of the molecule is CCCNC(=O)[C@@H](Cc1ccccc1)N(Cc1c(Cl)cccc1Cl)C(=O)Cc1ccc(F)cc1. The number of carbonyl (C=O) groups excluding carboxylic acids is 2. The average molecular weight is 501 g/mol. The lowest BCUT2D eigenvalue weighted by Crippen LogP contribution is -2.51. The molecule has 34 heavy (non-hydrogen) atoms. The van der Waals surface area contributed by atoms with Gasteiger partial charge in [-0.3, -0.25) is 9.59 Å². The predicted molar refractivity (Wildman–Crippen MR) is 134 cm³/mol. The van der Waals surface area contributed by atoms with E-state index in [2.05, 4.69) is 5.32 Å². The van der Waals surface area contributed by atoms with Crippen LogP contribution in [0.2, 0.25) is 10.0 Å². The molecule has 0 saturated carbocycles. The maximum atomic E-state index is 13.6. The molecule has 0 heterocycles. The first-order valence-electron chi connectivity index (χ1n) is 11.2. The van der Waals surface area contributed by atoms with Crippen LogP contribution in [0, 0.1) is 5.82 Å². The largest absolute Gasteiger partial charge is 0.354 e. The van der Waals surface area contributed by atoms with E-state index >= 15 is 0 Å². The van der Waals surface area contributed by atoms with Crippen molar-refractivity contribution < 1.29 is 14.0 Å². The highest BCUT2D eigenvalue weighted by Gasteiger charge is 2.31. The van der Waals surface area contributed by atoms with Gasteiger partial charge in [0.1, 0.15) is 11.9 Å². The van der Waals surface area contributed by atoms with Crippen LogP contribution in [0.5, 0.6) is 0 Å². The van der Waals surface area contributed by atoms with Crippen LogP contribution in [-0.2, 0) is 29.0 Å². The van der Waals surface area contributed by atoms with Crippen molar-refractivity contribution in [1.29, 1.82) is 0 Å². The van der Waals surface area contributed by atoms with Crippen molar-refractivity contribution in [3.8, 4) is 0 Å². The minimum atomic E-state index is -0.783. The van der Waals surface area contributed by atoms with Crippen LogP contribution in [0.25, 0.3) is 0 Å². The van der Waals surface area contributed by atoms with Crippen molar-refractivity contribution >= 4 is 35.0 Å². The summed E-state index contributed by atoms with van der Waals surface area (Å²) in [7, 11) is 0. The van der Waals surface area contributed by atoms with Gasteiger partial charge in [-0.15, -0.1) is 0 Å². The fourth-order valence-corrected chi connectivity index (χ4v) is 4.17. The normalized spacial score (nSPS) is 11.6. The van der Waals surface area contributed by atoms with Crippen molar-refractivity contribution in [2.75, 3.05) is 6.54 Å². The van der Waals surface area contributed by atoms with E-state index in [4.69, 9.17) is 23.2 Å². The number of nitrogens with zero attached hydrogens (tertiary/aromatic N) is 1. The second-order valence-electron chi connectivity index (χ2n) is 8.02. The van der Waals surface area contributed by atoms with Crippen molar-refractivity contribution in [3.05, 3.63) is 105 Å². The lowest BCUT2D eigenvalue weighted by molar-refractivity contribution is -0.140. The van der Waals surface area contributed by atoms with Gasteiger partial charge in [0.05, 0.1) is 6.42 Å². The highest BCUT2D eigenvalue weighted by molar-refractivity contribution is 6.36. The van der Waals surface area contributed by atoms with Crippen molar-refractivity contribution in [2.24, 2.45) is 0 Å². The van der Waals surface area contributed by atoms with E-state index in [0.29, 0.717) is 34.1 Å². The van der Waals surface area contributed by atoms with Gasteiger partial charge < -0.3 is 10.2 Å². The quantitative estimate of drug-likeness (QED) is 0.380. The van der Waals surface area contributed by atoms with Crippen LogP contribution >= 0.6 is 23.2 Å². The number of nitrogens with one attached hydrogen (secondary N) is 1. The highest BCUT2D eigenvalue weighted by atomic mass is 35.5. The maximum Gasteiger partial charge on any atom is 0.243 e. The van der Waals surface area contributed by atoms with Crippen molar-refractivity contribution in [1.82, 2.24) is 10.2 Å². The second-order valence-corrected chi connectivity index (χ2v) is 8.84. The minimum absolute atomic E-state index is 0.00863. The van der Waals surface area contributed by atoms with E-state index in [-0.39, 0.29) is 30.6 Å². The number of amides is 2. The van der Waals surface area contributed by atoms with Crippen LogP contribution in [-0.4, -0.2) is 29.3 Å². The molecule has 0 aliphatic rings. The van der Waals surface area contributed by atoms with Gasteiger partial charge in [0.15, 0.2) is 0 Å². The average Bonchev–Trinajstić information content (AvgIpc) is 2.83. The highest BCUT2D eigenvalue weighted by Crippen LogP contribution is 2.27. The van der Waals surface area contributed by atoms with Gasteiger partial charge in [-0.05, 0) is 41.8 Å². The second kappa shape index (κ2) is 12.5. The number of rotatable bonds is 10. The predicted octanol–water partition coefficient (Wildman–Crippen LogP) is 5.84. The van der Waals surface area contributed by atoms with Gasteiger partial charge in [-0.2, -0.15) is 0 Å². The summed E-state index contributed by atoms with van der Waals surface area (Å²) in [5.41, 5.74) is 2.14. The number of halogens is 3. The first-order valence-corrected chi connectivity index (χ1v) is 11.9. The number of hydrogen-bond acceptors (Lipinski definition) is 2. The monoisotopic (exact) mass is 500 g/mol. The summed E-state index contributed by atoms with van der Waals surface area (Å²) in [4.78, 5) is 28.4. The van der Waals surface area contributed by atoms with E-state index in [1.807, 2.05) is 37.3 Å². The Labute approximate surface area is 209 Å². The number of hydrogen-bond donors (Lipinski definition) is 1. The standard InChI is InChI=1S/C27H27Cl2FN2O2/c1-2-15-31-27(34)25(16-19-7-4-3-5-8-19)32(18-22-23(28)9-6-10-24(22)29)26(33)17-20-11-13-21(30)14-12-20/h3-14,25H,2,15-18H2,1H3,(H,31,34)/t25-/m1/s1. The molecule has 0 radical (unpaired) electrons. The zero-order valence-corrected chi connectivity index (χ0v) is 20.5. The minimum Gasteiger partial charge on any atom is -0.354 e. The lowest BCUT2D eigenvalue weighted by atomic mass is 10.0. The number of benzene rings is 3. The topological polar surface area (TPSA) is 49.4 Å². The summed E-state index contributed by atoms with van der Waals surface area (Å²) in [6.07, 6.45) is 1.10. The van der Waals surface area contributed by atoms with Gasteiger partial charge in [0.25, 0.3) is 0 Å². The molecule has 3 aromatic carbocycles. The third-order valence-electron chi connectivity index (χ3n) is 5.48. The first kappa shape index (κ1) is 25.7.